The van der Waals surface area contributed by atoms with Crippen LogP contribution in [0.2, 0.25) is 0 Å². The number of benzene rings is 1. The molecule has 1 aromatic rings. The summed E-state index contributed by atoms with van der Waals surface area (Å²) in [6.07, 6.45) is 0. The lowest BCUT2D eigenvalue weighted by molar-refractivity contribution is 0.0341. The molecule has 2 heteroatoms. The first kappa shape index (κ1) is 9.69. The van der Waals surface area contributed by atoms with Gasteiger partial charge in [-0.05, 0) is 18.1 Å². The fourth-order valence-electron chi connectivity index (χ4n) is 1.68. The maximum absolute atomic E-state index is 5.88. The van der Waals surface area contributed by atoms with Crippen LogP contribution in [-0.2, 0) is 11.3 Å². The molecule has 1 saturated heterocycles. The van der Waals surface area contributed by atoms with Crippen LogP contribution in [0.25, 0.3) is 0 Å². The number of ether oxygens (including phenoxy) is 1. The molecule has 0 amide bonds. The lowest BCUT2D eigenvalue weighted by atomic mass is 10.1. The van der Waals surface area contributed by atoms with Crippen molar-refractivity contribution in [3.8, 4) is 0 Å². The van der Waals surface area contributed by atoms with Gasteiger partial charge in [-0.25, -0.2) is 0 Å². The normalized spacial score (nSPS) is 18.4. The summed E-state index contributed by atoms with van der Waals surface area (Å²) >= 11 is 0. The van der Waals surface area contributed by atoms with Crippen molar-refractivity contribution in [1.82, 2.24) is 4.90 Å². The van der Waals surface area contributed by atoms with Crippen LogP contribution in [0.1, 0.15) is 11.1 Å². The van der Waals surface area contributed by atoms with E-state index in [9.17, 15) is 0 Å². The third-order valence-corrected chi connectivity index (χ3v) is 2.55. The van der Waals surface area contributed by atoms with Crippen LogP contribution in [0.3, 0.4) is 0 Å². The van der Waals surface area contributed by atoms with Gasteiger partial charge in [-0.15, -0.1) is 0 Å². The zero-order chi connectivity index (χ0) is 9.80. The smallest absolute Gasteiger partial charge is 0.0594 e. The summed E-state index contributed by atoms with van der Waals surface area (Å²) in [7, 11) is 0. The van der Waals surface area contributed by atoms with Gasteiger partial charge < -0.3 is 4.74 Å². The van der Waals surface area contributed by atoms with E-state index >= 15 is 0 Å². The quantitative estimate of drug-likeness (QED) is 0.700. The number of rotatable bonds is 2. The zero-order valence-corrected chi connectivity index (χ0v) is 8.28. The van der Waals surface area contributed by atoms with E-state index in [-0.39, 0.29) is 0 Å². The molecular weight excluding hydrogens is 174 g/mol. The molecule has 2 rings (SSSR count). The van der Waals surface area contributed by atoms with E-state index in [2.05, 4.69) is 11.0 Å². The molecule has 0 saturated carbocycles. The van der Waals surface area contributed by atoms with Crippen LogP contribution in [0.5, 0.6) is 0 Å². The van der Waals surface area contributed by atoms with E-state index in [1.807, 2.05) is 18.2 Å². The molecule has 1 aliphatic heterocycles. The second-order valence-corrected chi connectivity index (χ2v) is 3.59. The topological polar surface area (TPSA) is 12.5 Å². The van der Waals surface area contributed by atoms with Gasteiger partial charge in [0.05, 0.1) is 13.2 Å². The summed E-state index contributed by atoms with van der Waals surface area (Å²) in [6.45, 7) is 10.5. The third-order valence-electron chi connectivity index (χ3n) is 2.55. The highest BCUT2D eigenvalue weighted by Gasteiger charge is 2.11. The van der Waals surface area contributed by atoms with E-state index in [0.717, 1.165) is 38.4 Å². The van der Waals surface area contributed by atoms with Gasteiger partial charge in [0.2, 0.25) is 0 Å². The van der Waals surface area contributed by atoms with Crippen LogP contribution in [0, 0.1) is 6.92 Å². The lowest BCUT2D eigenvalue weighted by Crippen LogP contribution is -2.35. The maximum atomic E-state index is 5.88. The molecule has 0 unspecified atom stereocenters. The monoisotopic (exact) mass is 189 g/mol. The molecule has 1 aromatic carbocycles. The molecule has 14 heavy (non-hydrogen) atoms. The molecule has 0 atom stereocenters. The third kappa shape index (κ3) is 2.34. The molecule has 0 N–H and O–H groups in total. The zero-order valence-electron chi connectivity index (χ0n) is 8.28. The summed E-state index contributed by atoms with van der Waals surface area (Å²) in [5.74, 6) is 0. The molecule has 1 fully saturated rings. The van der Waals surface area contributed by atoms with E-state index < -0.39 is 0 Å². The van der Waals surface area contributed by atoms with Crippen molar-refractivity contribution in [3.05, 3.63) is 42.3 Å². The van der Waals surface area contributed by atoms with Crippen molar-refractivity contribution in [2.75, 3.05) is 26.3 Å². The fourth-order valence-corrected chi connectivity index (χ4v) is 1.68. The Bertz CT molecular complexity index is 292. The van der Waals surface area contributed by atoms with Crippen molar-refractivity contribution in [1.29, 1.82) is 0 Å². The molecule has 1 aliphatic rings. The van der Waals surface area contributed by atoms with E-state index in [1.54, 1.807) is 0 Å². The minimum Gasteiger partial charge on any atom is -0.379 e. The Morgan fingerprint density at radius 1 is 1.21 bits per heavy atom. The first-order chi connectivity index (χ1) is 6.86. The second-order valence-electron chi connectivity index (χ2n) is 3.59. The number of nitrogens with zero attached hydrogens (tertiary/aromatic N) is 1. The van der Waals surface area contributed by atoms with Crippen LogP contribution < -0.4 is 0 Å². The Kier molecular flexibility index (Phi) is 3.17. The maximum Gasteiger partial charge on any atom is 0.0594 e. The molecule has 0 spiro atoms. The number of hydrogen-bond acceptors (Lipinski definition) is 2. The summed E-state index contributed by atoms with van der Waals surface area (Å²) in [5.41, 5.74) is 2.10. The average Bonchev–Trinajstić information content (AvgIpc) is 2.23. The highest BCUT2D eigenvalue weighted by Crippen LogP contribution is 2.11. The second kappa shape index (κ2) is 4.58. The van der Waals surface area contributed by atoms with Gasteiger partial charge in [0.15, 0.2) is 0 Å². The Morgan fingerprint density at radius 2 is 1.93 bits per heavy atom. The first-order valence-corrected chi connectivity index (χ1v) is 5.00. The Morgan fingerprint density at radius 3 is 2.64 bits per heavy atom. The first-order valence-electron chi connectivity index (χ1n) is 5.00. The van der Waals surface area contributed by atoms with Crippen molar-refractivity contribution in [2.45, 2.75) is 6.54 Å². The van der Waals surface area contributed by atoms with Crippen molar-refractivity contribution >= 4 is 0 Å². The molecular formula is C12H15NO. The van der Waals surface area contributed by atoms with Gasteiger partial charge in [0.25, 0.3) is 0 Å². The van der Waals surface area contributed by atoms with E-state index in [4.69, 9.17) is 11.7 Å². The predicted molar refractivity (Wildman–Crippen MR) is 55.9 cm³/mol. The lowest BCUT2D eigenvalue weighted by Gasteiger charge is -2.27. The Labute approximate surface area is 85.5 Å². The van der Waals surface area contributed by atoms with Gasteiger partial charge in [-0.3, -0.25) is 4.90 Å². The van der Waals surface area contributed by atoms with Gasteiger partial charge >= 0.3 is 0 Å². The Balaban J connectivity index is 1.99. The van der Waals surface area contributed by atoms with Crippen molar-refractivity contribution in [2.24, 2.45) is 0 Å². The largest absolute Gasteiger partial charge is 0.379 e. The summed E-state index contributed by atoms with van der Waals surface area (Å²) in [5, 5.41) is 0. The molecule has 0 bridgehead atoms. The van der Waals surface area contributed by atoms with Crippen LogP contribution in [-0.4, -0.2) is 31.2 Å². The van der Waals surface area contributed by atoms with Gasteiger partial charge in [-0.1, -0.05) is 24.3 Å². The van der Waals surface area contributed by atoms with Crippen LogP contribution >= 0.6 is 0 Å². The van der Waals surface area contributed by atoms with Crippen LogP contribution in [0.15, 0.2) is 24.3 Å². The standard InChI is InChI=1S/C12H15NO/c1-11-4-2-3-5-12(11)10-13-6-8-14-9-7-13/h1-5H,6-10H2. The Hall–Kier alpha value is -0.860. The highest BCUT2D eigenvalue weighted by atomic mass is 16.5. The highest BCUT2D eigenvalue weighted by molar-refractivity contribution is 5.29. The summed E-state index contributed by atoms with van der Waals surface area (Å²) in [4.78, 5) is 2.37. The molecule has 1 heterocycles. The van der Waals surface area contributed by atoms with Crippen molar-refractivity contribution < 1.29 is 4.74 Å². The van der Waals surface area contributed by atoms with Crippen LogP contribution in [0.4, 0.5) is 0 Å². The molecule has 2 radical (unpaired) electrons. The number of morpholine rings is 1. The molecule has 0 aliphatic carbocycles. The van der Waals surface area contributed by atoms with Gasteiger partial charge in [-0.2, -0.15) is 0 Å². The van der Waals surface area contributed by atoms with Crippen molar-refractivity contribution in [3.63, 3.8) is 0 Å². The van der Waals surface area contributed by atoms with Gasteiger partial charge in [0, 0.05) is 19.6 Å². The average molecular weight is 189 g/mol. The summed E-state index contributed by atoms with van der Waals surface area (Å²) < 4.78 is 5.29. The SMILES string of the molecule is [CH]c1ccccc1CN1CCOCC1. The molecule has 2 nitrogen and oxygen atoms in total. The van der Waals surface area contributed by atoms with E-state index in [1.165, 1.54) is 5.56 Å². The molecule has 74 valence electrons. The predicted octanol–water partition coefficient (Wildman–Crippen LogP) is 1.58. The fraction of sp³-hybridized carbons (Fsp3) is 0.417. The number of hydrogen-bond donors (Lipinski definition) is 0. The molecule has 0 aromatic heterocycles. The van der Waals surface area contributed by atoms with E-state index in [0.29, 0.717) is 0 Å². The minimum atomic E-state index is 0.840. The van der Waals surface area contributed by atoms with Gasteiger partial charge in [0.1, 0.15) is 0 Å². The summed E-state index contributed by atoms with van der Waals surface area (Å²) in [6, 6.07) is 8.05. The minimum absolute atomic E-state index is 0.840.